The van der Waals surface area contributed by atoms with Crippen molar-refractivity contribution in [3.8, 4) is 0 Å². The van der Waals surface area contributed by atoms with Crippen LogP contribution in [-0.2, 0) is 0 Å². The summed E-state index contributed by atoms with van der Waals surface area (Å²) in [5, 5.41) is 0. The molecule has 1 heteroatoms. The Balaban J connectivity index is 2.15. The molecule has 0 aromatic heterocycles. The van der Waals surface area contributed by atoms with E-state index >= 15 is 0 Å². The van der Waals surface area contributed by atoms with E-state index < -0.39 is 0 Å². The Labute approximate surface area is 105 Å². The highest BCUT2D eigenvalue weighted by molar-refractivity contribution is 9.10. The SMILES string of the molecule is Cc1ccc(/C=C\c2ccc(Br)cc2)cc1. The van der Waals surface area contributed by atoms with Crippen molar-refractivity contribution in [2.24, 2.45) is 0 Å². The summed E-state index contributed by atoms with van der Waals surface area (Å²) < 4.78 is 1.11. The number of rotatable bonds is 2. The first-order valence-corrected chi connectivity index (χ1v) is 6.04. The number of halogens is 1. The van der Waals surface area contributed by atoms with Gasteiger partial charge in [-0.1, -0.05) is 70.0 Å². The molecule has 16 heavy (non-hydrogen) atoms. The molecule has 0 aliphatic heterocycles. The molecule has 0 radical (unpaired) electrons. The van der Waals surface area contributed by atoms with E-state index in [2.05, 4.69) is 83.5 Å². The van der Waals surface area contributed by atoms with E-state index in [4.69, 9.17) is 0 Å². The molecule has 0 bridgehead atoms. The minimum Gasteiger partial charge on any atom is -0.0587 e. The Hall–Kier alpha value is -1.34. The molecule has 0 nitrogen and oxygen atoms in total. The average molecular weight is 273 g/mol. The monoisotopic (exact) mass is 272 g/mol. The minimum atomic E-state index is 1.11. The second-order valence-electron chi connectivity index (χ2n) is 3.80. The van der Waals surface area contributed by atoms with E-state index in [9.17, 15) is 0 Å². The van der Waals surface area contributed by atoms with Crippen LogP contribution >= 0.6 is 15.9 Å². The minimum absolute atomic E-state index is 1.11. The number of hydrogen-bond acceptors (Lipinski definition) is 0. The molecule has 0 amide bonds. The zero-order valence-electron chi connectivity index (χ0n) is 9.15. The van der Waals surface area contributed by atoms with E-state index in [1.807, 2.05) is 0 Å². The molecule has 0 aliphatic carbocycles. The molecule has 0 N–H and O–H groups in total. The Kier molecular flexibility index (Phi) is 3.58. The lowest BCUT2D eigenvalue weighted by Gasteiger charge is -1.96. The van der Waals surface area contributed by atoms with Gasteiger partial charge in [-0.25, -0.2) is 0 Å². The van der Waals surface area contributed by atoms with Crippen molar-refractivity contribution in [3.05, 3.63) is 69.7 Å². The molecule has 2 rings (SSSR count). The van der Waals surface area contributed by atoms with Crippen LogP contribution in [-0.4, -0.2) is 0 Å². The summed E-state index contributed by atoms with van der Waals surface area (Å²) in [4.78, 5) is 0. The molecule has 0 saturated carbocycles. The largest absolute Gasteiger partial charge is 0.0587 e. The molecule has 0 fully saturated rings. The fraction of sp³-hybridized carbons (Fsp3) is 0.0667. The third kappa shape index (κ3) is 3.07. The van der Waals surface area contributed by atoms with Crippen LogP contribution < -0.4 is 0 Å². The van der Waals surface area contributed by atoms with Crippen LogP contribution in [0.2, 0.25) is 0 Å². The van der Waals surface area contributed by atoms with Gasteiger partial charge in [0.1, 0.15) is 0 Å². The van der Waals surface area contributed by atoms with Crippen LogP contribution in [0.4, 0.5) is 0 Å². The summed E-state index contributed by atoms with van der Waals surface area (Å²) in [5.41, 5.74) is 3.73. The lowest BCUT2D eigenvalue weighted by molar-refractivity contribution is 1.46. The fourth-order valence-corrected chi connectivity index (χ4v) is 1.71. The van der Waals surface area contributed by atoms with Gasteiger partial charge >= 0.3 is 0 Å². The molecule has 0 saturated heterocycles. The van der Waals surface area contributed by atoms with Crippen molar-refractivity contribution >= 4 is 28.1 Å². The normalized spacial score (nSPS) is 10.9. The smallest absolute Gasteiger partial charge is 0.0175 e. The third-order valence-electron chi connectivity index (χ3n) is 2.42. The van der Waals surface area contributed by atoms with Gasteiger partial charge in [0, 0.05) is 4.47 Å². The van der Waals surface area contributed by atoms with Gasteiger partial charge in [0.05, 0.1) is 0 Å². The van der Waals surface area contributed by atoms with Crippen molar-refractivity contribution in [2.45, 2.75) is 6.92 Å². The maximum Gasteiger partial charge on any atom is 0.0175 e. The Morgan fingerprint density at radius 1 is 0.750 bits per heavy atom. The molecule has 0 aliphatic rings. The van der Waals surface area contributed by atoms with E-state index in [1.54, 1.807) is 0 Å². The highest BCUT2D eigenvalue weighted by atomic mass is 79.9. The third-order valence-corrected chi connectivity index (χ3v) is 2.94. The van der Waals surface area contributed by atoms with Crippen LogP contribution in [0.5, 0.6) is 0 Å². The van der Waals surface area contributed by atoms with Gasteiger partial charge in [0.15, 0.2) is 0 Å². The van der Waals surface area contributed by atoms with Gasteiger partial charge in [-0.2, -0.15) is 0 Å². The number of hydrogen-bond donors (Lipinski definition) is 0. The second kappa shape index (κ2) is 5.13. The highest BCUT2D eigenvalue weighted by Crippen LogP contribution is 2.13. The molecule has 2 aromatic rings. The quantitative estimate of drug-likeness (QED) is 0.681. The first-order chi connectivity index (χ1) is 7.74. The molecule has 0 unspecified atom stereocenters. The zero-order valence-corrected chi connectivity index (χ0v) is 10.7. The van der Waals surface area contributed by atoms with Crippen LogP contribution in [0.25, 0.3) is 12.2 Å². The zero-order chi connectivity index (χ0) is 11.4. The number of aryl methyl sites for hydroxylation is 1. The average Bonchev–Trinajstić information content (AvgIpc) is 2.30. The standard InChI is InChI=1S/C15H13Br/c1-12-2-4-13(5-3-12)6-7-14-8-10-15(16)11-9-14/h2-11H,1H3/b7-6-. The maximum atomic E-state index is 3.43. The fourth-order valence-electron chi connectivity index (χ4n) is 1.44. The second-order valence-corrected chi connectivity index (χ2v) is 4.71. The van der Waals surface area contributed by atoms with Crippen LogP contribution in [0.3, 0.4) is 0 Å². The molecular weight excluding hydrogens is 260 g/mol. The van der Waals surface area contributed by atoms with Gasteiger partial charge in [-0.15, -0.1) is 0 Å². The summed E-state index contributed by atoms with van der Waals surface area (Å²) >= 11 is 3.43. The van der Waals surface area contributed by atoms with Crippen LogP contribution in [0.15, 0.2) is 53.0 Å². The van der Waals surface area contributed by atoms with Gasteiger partial charge in [-0.05, 0) is 30.2 Å². The molecule has 0 spiro atoms. The predicted octanol–water partition coefficient (Wildman–Crippen LogP) is 4.93. The summed E-state index contributed by atoms with van der Waals surface area (Å²) in [6, 6.07) is 16.8. The topological polar surface area (TPSA) is 0 Å². The first kappa shape index (κ1) is 11.2. The molecule has 2 aromatic carbocycles. The first-order valence-electron chi connectivity index (χ1n) is 5.24. The van der Waals surface area contributed by atoms with E-state index in [1.165, 1.54) is 16.7 Å². The van der Waals surface area contributed by atoms with Crippen molar-refractivity contribution in [1.82, 2.24) is 0 Å². The van der Waals surface area contributed by atoms with E-state index in [-0.39, 0.29) is 0 Å². The number of benzene rings is 2. The molecular formula is C15H13Br. The van der Waals surface area contributed by atoms with Gasteiger partial charge in [0.2, 0.25) is 0 Å². The van der Waals surface area contributed by atoms with Gasteiger partial charge in [-0.3, -0.25) is 0 Å². The lowest BCUT2D eigenvalue weighted by atomic mass is 10.1. The Morgan fingerprint density at radius 3 is 1.69 bits per heavy atom. The maximum absolute atomic E-state index is 3.43. The Morgan fingerprint density at radius 2 is 1.19 bits per heavy atom. The molecule has 0 heterocycles. The van der Waals surface area contributed by atoms with Crippen molar-refractivity contribution in [2.75, 3.05) is 0 Å². The predicted molar refractivity (Wildman–Crippen MR) is 74.2 cm³/mol. The van der Waals surface area contributed by atoms with Crippen molar-refractivity contribution in [1.29, 1.82) is 0 Å². The van der Waals surface area contributed by atoms with Crippen molar-refractivity contribution < 1.29 is 0 Å². The van der Waals surface area contributed by atoms with Crippen LogP contribution in [0.1, 0.15) is 16.7 Å². The van der Waals surface area contributed by atoms with Crippen molar-refractivity contribution in [3.63, 3.8) is 0 Å². The van der Waals surface area contributed by atoms with E-state index in [0.717, 1.165) is 4.47 Å². The Bertz CT molecular complexity index is 430. The van der Waals surface area contributed by atoms with E-state index in [0.29, 0.717) is 0 Å². The summed E-state index contributed by atoms with van der Waals surface area (Å²) in [7, 11) is 0. The summed E-state index contributed by atoms with van der Waals surface area (Å²) in [5.74, 6) is 0. The van der Waals surface area contributed by atoms with Crippen LogP contribution in [0, 0.1) is 6.92 Å². The molecule has 0 atom stereocenters. The summed E-state index contributed by atoms with van der Waals surface area (Å²) in [6.07, 6.45) is 4.25. The van der Waals surface area contributed by atoms with Gasteiger partial charge < -0.3 is 0 Å². The highest BCUT2D eigenvalue weighted by Gasteiger charge is 1.89. The molecule has 80 valence electrons. The van der Waals surface area contributed by atoms with Gasteiger partial charge in [0.25, 0.3) is 0 Å². The summed E-state index contributed by atoms with van der Waals surface area (Å²) in [6.45, 7) is 2.10. The lowest BCUT2D eigenvalue weighted by Crippen LogP contribution is -1.74.